The van der Waals surface area contributed by atoms with Crippen molar-refractivity contribution < 1.29 is 23.1 Å². The Morgan fingerprint density at radius 1 is 1.07 bits per heavy atom. The molecule has 2 fully saturated rings. The lowest BCUT2D eigenvalue weighted by atomic mass is 10.1. The Labute approximate surface area is 252 Å². The van der Waals surface area contributed by atoms with Crippen molar-refractivity contribution in [3.63, 3.8) is 0 Å². The van der Waals surface area contributed by atoms with Crippen LogP contribution >= 0.6 is 0 Å². The first-order valence-electron chi connectivity index (χ1n) is 15.3. The summed E-state index contributed by atoms with van der Waals surface area (Å²) in [5.74, 6) is 0.365. The zero-order valence-corrected chi connectivity index (χ0v) is 27.5. The van der Waals surface area contributed by atoms with Crippen LogP contribution in [0.2, 0.25) is 18.1 Å². The number of aromatic nitrogens is 2. The average molecular weight is 601 g/mol. The lowest BCUT2D eigenvalue weighted by Crippen LogP contribution is -2.40. The molecule has 1 aromatic heterocycles. The Balaban J connectivity index is 1.26. The average Bonchev–Trinajstić information content (AvgIpc) is 2.95. The molecule has 42 heavy (non-hydrogen) atoms. The van der Waals surface area contributed by atoms with Crippen LogP contribution < -0.4 is 4.90 Å². The predicted octanol–water partition coefficient (Wildman–Crippen LogP) is 7.49. The number of hydrogen-bond acceptors (Lipinski definition) is 8. The first-order valence-corrected chi connectivity index (χ1v) is 18.2. The lowest BCUT2D eigenvalue weighted by molar-refractivity contribution is -0.219. The minimum absolute atomic E-state index is 0.0649. The summed E-state index contributed by atoms with van der Waals surface area (Å²) in [7, 11) is -1.99. The molecule has 0 bridgehead atoms. The summed E-state index contributed by atoms with van der Waals surface area (Å²) in [5.41, 5.74) is 2.41. The largest absolute Gasteiger partial charge is 0.412 e. The van der Waals surface area contributed by atoms with E-state index in [1.54, 1.807) is 24.5 Å². The predicted molar refractivity (Wildman–Crippen MR) is 168 cm³/mol. The standard InChI is InChI=1S/C32H49FN4O4Si/c1-31(2,3)42(6,7)40-23-24-11-10-12-27(29(24)33)25-21-34-30(35-22-25)37-17-14-26(15-18-37)36-39-20-16-32(4,5)41-28-13-8-9-19-38-28/h10-12,21-22,28H,8-9,13-20,23H2,1-7H3. The van der Waals surface area contributed by atoms with Gasteiger partial charge in [0.05, 0.1) is 17.9 Å². The van der Waals surface area contributed by atoms with Crippen molar-refractivity contribution in [1.29, 1.82) is 0 Å². The molecule has 3 heterocycles. The summed E-state index contributed by atoms with van der Waals surface area (Å²) in [6.07, 6.45) is 8.81. The van der Waals surface area contributed by atoms with Crippen molar-refractivity contribution in [2.45, 2.75) is 110 Å². The van der Waals surface area contributed by atoms with Crippen molar-refractivity contribution in [3.8, 4) is 11.1 Å². The van der Waals surface area contributed by atoms with Crippen molar-refractivity contribution in [2.75, 3.05) is 31.2 Å². The van der Waals surface area contributed by atoms with Gasteiger partial charge >= 0.3 is 0 Å². The molecule has 2 aliphatic rings. The molecule has 0 N–H and O–H groups in total. The van der Waals surface area contributed by atoms with Crippen LogP contribution in [0.5, 0.6) is 0 Å². The molecule has 4 rings (SSSR count). The summed E-state index contributed by atoms with van der Waals surface area (Å²) >= 11 is 0. The molecule has 2 aromatic rings. The first-order chi connectivity index (χ1) is 19.8. The molecule has 1 atom stereocenters. The van der Waals surface area contributed by atoms with Crippen molar-refractivity contribution in [2.24, 2.45) is 5.16 Å². The van der Waals surface area contributed by atoms with Crippen LogP contribution in [0.25, 0.3) is 11.1 Å². The highest BCUT2D eigenvalue weighted by Gasteiger charge is 2.37. The number of halogens is 1. The molecule has 10 heteroatoms. The summed E-state index contributed by atoms with van der Waals surface area (Å²) in [4.78, 5) is 16.9. The zero-order valence-electron chi connectivity index (χ0n) is 26.5. The normalized spacial score (nSPS) is 18.7. The Morgan fingerprint density at radius 3 is 2.43 bits per heavy atom. The molecular formula is C32H49FN4O4Si. The number of rotatable bonds is 11. The van der Waals surface area contributed by atoms with Crippen molar-refractivity contribution in [1.82, 2.24) is 9.97 Å². The maximum atomic E-state index is 15.5. The second-order valence-electron chi connectivity index (χ2n) is 13.5. The van der Waals surface area contributed by atoms with Crippen LogP contribution in [-0.4, -0.2) is 62.2 Å². The van der Waals surface area contributed by atoms with Crippen molar-refractivity contribution >= 4 is 20.0 Å². The minimum atomic E-state index is -1.99. The van der Waals surface area contributed by atoms with E-state index in [2.05, 4.69) is 67.7 Å². The molecule has 1 aromatic carbocycles. The van der Waals surface area contributed by atoms with E-state index in [4.69, 9.17) is 18.7 Å². The van der Waals surface area contributed by atoms with E-state index >= 15 is 4.39 Å². The summed E-state index contributed by atoms with van der Waals surface area (Å²) < 4.78 is 33.5. The van der Waals surface area contributed by atoms with Gasteiger partial charge in [0.2, 0.25) is 5.95 Å². The molecule has 2 aliphatic heterocycles. The van der Waals surface area contributed by atoms with E-state index in [0.29, 0.717) is 29.2 Å². The van der Waals surface area contributed by atoms with Gasteiger partial charge in [0, 0.05) is 68.0 Å². The second-order valence-corrected chi connectivity index (χ2v) is 18.3. The van der Waals surface area contributed by atoms with Crippen LogP contribution in [0.1, 0.15) is 78.7 Å². The molecule has 0 aliphatic carbocycles. The smallest absolute Gasteiger partial charge is 0.225 e. The van der Waals surface area contributed by atoms with Gasteiger partial charge in [-0.25, -0.2) is 14.4 Å². The monoisotopic (exact) mass is 600 g/mol. The van der Waals surface area contributed by atoms with Gasteiger partial charge in [-0.3, -0.25) is 0 Å². The van der Waals surface area contributed by atoms with Crippen LogP contribution in [0, 0.1) is 5.82 Å². The Bertz CT molecular complexity index is 1180. The molecule has 1 unspecified atom stereocenters. The molecule has 0 amide bonds. The highest BCUT2D eigenvalue weighted by atomic mass is 28.4. The molecule has 0 radical (unpaired) electrons. The highest BCUT2D eigenvalue weighted by Crippen LogP contribution is 2.37. The van der Waals surface area contributed by atoms with Gasteiger partial charge in [-0.1, -0.05) is 44.1 Å². The summed E-state index contributed by atoms with van der Waals surface area (Å²) in [5, 5.41) is 4.45. The third kappa shape index (κ3) is 8.81. The second kappa shape index (κ2) is 13.9. The maximum absolute atomic E-state index is 15.5. The lowest BCUT2D eigenvalue weighted by Gasteiger charge is -2.36. The third-order valence-corrected chi connectivity index (χ3v) is 13.1. The van der Waals surface area contributed by atoms with Crippen LogP contribution in [0.15, 0.2) is 35.7 Å². The Morgan fingerprint density at radius 2 is 1.79 bits per heavy atom. The van der Waals surface area contributed by atoms with Gasteiger partial charge in [0.25, 0.3) is 0 Å². The quantitative estimate of drug-likeness (QED) is 0.150. The number of oxime groups is 1. The first kappa shape index (κ1) is 32.5. The number of anilines is 1. The van der Waals surface area contributed by atoms with Crippen LogP contribution in [-0.2, 0) is 25.3 Å². The van der Waals surface area contributed by atoms with E-state index in [0.717, 1.165) is 63.9 Å². The van der Waals surface area contributed by atoms with Crippen LogP contribution in [0.3, 0.4) is 0 Å². The number of ether oxygens (including phenoxy) is 2. The van der Waals surface area contributed by atoms with Gasteiger partial charge in [0.15, 0.2) is 14.6 Å². The third-order valence-electron chi connectivity index (χ3n) is 8.62. The number of benzene rings is 1. The minimum Gasteiger partial charge on any atom is -0.412 e. The number of nitrogens with zero attached hydrogens (tertiary/aromatic N) is 4. The summed E-state index contributed by atoms with van der Waals surface area (Å²) in [6, 6.07) is 5.42. The molecule has 0 spiro atoms. The van der Waals surface area contributed by atoms with Crippen LogP contribution in [0.4, 0.5) is 10.3 Å². The summed E-state index contributed by atoms with van der Waals surface area (Å²) in [6.45, 7) is 18.1. The molecular weight excluding hydrogens is 551 g/mol. The molecule has 0 saturated carbocycles. The van der Waals surface area contributed by atoms with E-state index in [1.165, 1.54) is 0 Å². The molecule has 8 nitrogen and oxygen atoms in total. The number of hydrogen-bond donors (Lipinski definition) is 0. The SMILES string of the molecule is CC(C)(CCON=C1CCN(c2ncc(-c3cccc(CO[Si](C)(C)C(C)(C)C)c3F)cn2)CC1)OC1CCCCO1. The fraction of sp³-hybridized carbons (Fsp3) is 0.656. The fourth-order valence-electron chi connectivity index (χ4n) is 4.72. The van der Waals surface area contributed by atoms with Gasteiger partial charge in [-0.2, -0.15) is 0 Å². The van der Waals surface area contributed by atoms with Gasteiger partial charge in [0.1, 0.15) is 12.4 Å². The van der Waals surface area contributed by atoms with E-state index in [1.807, 2.05) is 6.07 Å². The Kier molecular flexibility index (Phi) is 10.8. The van der Waals surface area contributed by atoms with Gasteiger partial charge < -0.3 is 23.6 Å². The topological polar surface area (TPSA) is 78.3 Å². The van der Waals surface area contributed by atoms with Gasteiger partial charge in [-0.15, -0.1) is 0 Å². The Hall–Kier alpha value is -2.40. The van der Waals surface area contributed by atoms with E-state index in [-0.39, 0.29) is 29.4 Å². The zero-order chi connectivity index (χ0) is 30.4. The number of piperidine rings is 1. The highest BCUT2D eigenvalue weighted by molar-refractivity contribution is 6.74. The molecule has 232 valence electrons. The molecule has 2 saturated heterocycles. The maximum Gasteiger partial charge on any atom is 0.225 e. The van der Waals surface area contributed by atoms with E-state index < -0.39 is 8.32 Å². The van der Waals surface area contributed by atoms with Crippen molar-refractivity contribution in [3.05, 3.63) is 42.0 Å². The van der Waals surface area contributed by atoms with Gasteiger partial charge in [-0.05, 0) is 51.2 Å². The van der Waals surface area contributed by atoms with E-state index in [9.17, 15) is 0 Å². The fourth-order valence-corrected chi connectivity index (χ4v) is 5.67.